The van der Waals surface area contributed by atoms with Crippen LogP contribution in [0, 0.1) is 17.8 Å². The lowest BCUT2D eigenvalue weighted by Crippen LogP contribution is -2.70. The summed E-state index contributed by atoms with van der Waals surface area (Å²) in [5.41, 5.74) is 3.65. The molecule has 2 aliphatic carbocycles. The summed E-state index contributed by atoms with van der Waals surface area (Å²) in [4.78, 5) is 37.6. The van der Waals surface area contributed by atoms with Gasteiger partial charge in [-0.1, -0.05) is 94.5 Å². The molecule has 0 radical (unpaired) electrons. The summed E-state index contributed by atoms with van der Waals surface area (Å²) in [7, 11) is 3.07. The standard InChI is InChI=1S/C61H83N3O13/c1-5-7-8-9-10-11-12-13-14-23-56(67)64(40-42-25-29-52-54(35-42)73-41-72-52)55-39-50(63-77-57-24-17-20-34-71-57)47-36-43(21-15-18-31-65)46(22-16-19-32-66)58-48-37-45(27-30-51(48)76-61(55,59(47)58)74-33-6-2)75-60(68)62-49-28-26-44(69-3)38-53(49)70-4/h6,25-30,35-38,43,46,55,57-59,65-66H,2,5,7-24,31-34,39-41H2,1,3-4H3,(H,62,68). The first-order chi connectivity index (χ1) is 37.7. The Kier molecular flexibility index (Phi) is 21.4. The molecular formula is C61H83N3O13. The number of fused-ring (bicyclic) bond motifs is 3. The van der Waals surface area contributed by atoms with Crippen LogP contribution >= 0.6 is 0 Å². The number of benzene rings is 3. The molecular weight excluding hydrogens is 983 g/mol. The van der Waals surface area contributed by atoms with Crippen LogP contribution < -0.4 is 33.7 Å². The van der Waals surface area contributed by atoms with E-state index in [-0.39, 0.29) is 63.2 Å². The molecule has 420 valence electrons. The van der Waals surface area contributed by atoms with Crippen molar-refractivity contribution in [2.24, 2.45) is 22.9 Å². The number of aliphatic hydroxyl groups excluding tert-OH is 2. The van der Waals surface area contributed by atoms with Crippen LogP contribution in [0.3, 0.4) is 0 Å². The van der Waals surface area contributed by atoms with E-state index < -0.39 is 30.1 Å². The third-order valence-corrected chi connectivity index (χ3v) is 15.9. The number of nitrogens with zero attached hydrogens (tertiary/aromatic N) is 2. The van der Waals surface area contributed by atoms with Crippen molar-refractivity contribution in [3.8, 4) is 34.5 Å². The quantitative estimate of drug-likeness (QED) is 0.0326. The van der Waals surface area contributed by atoms with E-state index in [9.17, 15) is 15.0 Å². The van der Waals surface area contributed by atoms with Crippen LogP contribution in [0.5, 0.6) is 34.5 Å². The van der Waals surface area contributed by atoms with E-state index in [4.69, 9.17) is 47.9 Å². The molecule has 5 aliphatic rings. The molecule has 7 atom stereocenters. The Morgan fingerprint density at radius 1 is 0.844 bits per heavy atom. The number of methoxy groups -OCH3 is 2. The lowest BCUT2D eigenvalue weighted by Gasteiger charge is -2.60. The highest BCUT2D eigenvalue weighted by atomic mass is 16.8. The minimum absolute atomic E-state index is 0.0133. The molecule has 3 aromatic rings. The lowest BCUT2D eigenvalue weighted by atomic mass is 9.55. The van der Waals surface area contributed by atoms with Crippen molar-refractivity contribution in [2.75, 3.05) is 52.8 Å². The van der Waals surface area contributed by atoms with Gasteiger partial charge in [-0.2, -0.15) is 0 Å². The fraction of sp³-hybridized carbons (Fsp3) is 0.590. The highest BCUT2D eigenvalue weighted by Gasteiger charge is 2.65. The number of carbonyl (C=O) groups excluding carboxylic acids is 2. The Labute approximate surface area is 455 Å². The molecule has 7 unspecified atom stereocenters. The van der Waals surface area contributed by atoms with Crippen LogP contribution in [-0.4, -0.2) is 98.4 Å². The summed E-state index contributed by atoms with van der Waals surface area (Å²) >= 11 is 0. The van der Waals surface area contributed by atoms with Crippen molar-refractivity contribution in [3.05, 3.63) is 90.0 Å². The maximum Gasteiger partial charge on any atom is 0.417 e. The molecule has 77 heavy (non-hydrogen) atoms. The Bertz CT molecular complexity index is 2470. The second kappa shape index (κ2) is 28.7. The third kappa shape index (κ3) is 14.3. The van der Waals surface area contributed by atoms with Crippen LogP contribution in [0.1, 0.15) is 152 Å². The first-order valence-corrected chi connectivity index (χ1v) is 28.5. The Morgan fingerprint density at radius 3 is 2.34 bits per heavy atom. The van der Waals surface area contributed by atoms with Gasteiger partial charge in [0.15, 0.2) is 11.5 Å². The molecule has 16 heteroatoms. The van der Waals surface area contributed by atoms with Crippen molar-refractivity contribution < 1.29 is 62.5 Å². The summed E-state index contributed by atoms with van der Waals surface area (Å²) < 4.78 is 49.6. The van der Waals surface area contributed by atoms with Gasteiger partial charge in [-0.3, -0.25) is 10.1 Å². The number of anilines is 1. The third-order valence-electron chi connectivity index (χ3n) is 15.9. The first kappa shape index (κ1) is 57.4. The minimum atomic E-state index is -1.50. The number of rotatable bonds is 30. The van der Waals surface area contributed by atoms with Gasteiger partial charge in [-0.05, 0) is 110 Å². The molecule has 3 aliphatic heterocycles. The van der Waals surface area contributed by atoms with Crippen LogP contribution in [0.25, 0.3) is 0 Å². The number of nitrogens with one attached hydrogen (secondary N) is 1. The SMILES string of the molecule is C=CCOC12Oc3ccc(OC(=O)Nc4ccc(OC)cc4OC)cc3C3C(CCCCO)C(CCCCO)C=C(C(=NOC4CCCCO4)CC1N(Cc1ccc4c(c1)OCO4)C(=O)CCCCCCCCCCC)C32. The van der Waals surface area contributed by atoms with Crippen LogP contribution in [0.4, 0.5) is 10.5 Å². The first-order valence-electron chi connectivity index (χ1n) is 28.5. The molecule has 0 bridgehead atoms. The molecule has 16 nitrogen and oxygen atoms in total. The van der Waals surface area contributed by atoms with Crippen molar-refractivity contribution in [1.82, 2.24) is 4.90 Å². The van der Waals surface area contributed by atoms with E-state index in [1.807, 2.05) is 35.2 Å². The van der Waals surface area contributed by atoms with E-state index in [2.05, 4.69) is 24.9 Å². The average Bonchev–Trinajstić information content (AvgIpc) is 3.97. The van der Waals surface area contributed by atoms with E-state index >= 15 is 4.79 Å². The smallest absolute Gasteiger partial charge is 0.417 e. The molecule has 2 fully saturated rings. The number of hydrogen-bond acceptors (Lipinski definition) is 14. The second-order valence-corrected chi connectivity index (χ2v) is 21.0. The summed E-state index contributed by atoms with van der Waals surface area (Å²) in [5, 5.41) is 28.1. The normalized spacial score (nSPS) is 23.4. The highest BCUT2D eigenvalue weighted by Crippen LogP contribution is 2.62. The van der Waals surface area contributed by atoms with E-state index in [1.165, 1.54) is 39.2 Å². The van der Waals surface area contributed by atoms with Crippen molar-refractivity contribution >= 4 is 23.4 Å². The Balaban J connectivity index is 1.25. The summed E-state index contributed by atoms with van der Waals surface area (Å²) in [5.74, 6) is 0.522. The number of hydrogen-bond donors (Lipinski definition) is 3. The number of carbonyl (C=O) groups is 2. The molecule has 0 spiro atoms. The summed E-state index contributed by atoms with van der Waals surface area (Å²) in [6.45, 7) is 7.49. The minimum Gasteiger partial charge on any atom is -0.497 e. The highest BCUT2D eigenvalue weighted by molar-refractivity contribution is 6.03. The number of aliphatic hydroxyl groups is 2. The monoisotopic (exact) mass is 1070 g/mol. The number of amides is 2. The van der Waals surface area contributed by atoms with Crippen molar-refractivity contribution in [1.29, 1.82) is 0 Å². The number of unbranched alkanes of at least 4 members (excludes halogenated alkanes) is 10. The van der Waals surface area contributed by atoms with Gasteiger partial charge in [0.25, 0.3) is 0 Å². The van der Waals surface area contributed by atoms with E-state index in [1.54, 1.807) is 37.5 Å². The second-order valence-electron chi connectivity index (χ2n) is 21.0. The van der Waals surface area contributed by atoms with E-state index in [0.29, 0.717) is 78.2 Å². The molecule has 2 amide bonds. The number of ether oxygens (including phenoxy) is 8. The van der Waals surface area contributed by atoms with Crippen LogP contribution in [-0.2, 0) is 25.7 Å². The van der Waals surface area contributed by atoms with Gasteiger partial charge >= 0.3 is 6.09 Å². The Hall–Kier alpha value is -5.81. The van der Waals surface area contributed by atoms with Crippen LogP contribution in [0.15, 0.2) is 84.1 Å². The topological polar surface area (TPSA) is 185 Å². The predicted octanol–water partition coefficient (Wildman–Crippen LogP) is 12.2. The van der Waals surface area contributed by atoms with Crippen molar-refractivity contribution in [3.63, 3.8) is 0 Å². The Morgan fingerprint density at radius 2 is 1.60 bits per heavy atom. The number of allylic oxidation sites excluding steroid dienone is 1. The van der Waals surface area contributed by atoms with Gasteiger partial charge in [0.2, 0.25) is 24.8 Å². The summed E-state index contributed by atoms with van der Waals surface area (Å²) in [6, 6.07) is 15.6. The molecule has 1 saturated heterocycles. The molecule has 3 heterocycles. The lowest BCUT2D eigenvalue weighted by molar-refractivity contribution is -0.258. The van der Waals surface area contributed by atoms with Crippen molar-refractivity contribution in [2.45, 2.75) is 166 Å². The zero-order valence-corrected chi connectivity index (χ0v) is 45.7. The predicted molar refractivity (Wildman–Crippen MR) is 294 cm³/mol. The zero-order chi connectivity index (χ0) is 54.0. The number of oxime groups is 1. The molecule has 1 saturated carbocycles. The fourth-order valence-corrected chi connectivity index (χ4v) is 12.1. The maximum atomic E-state index is 15.5. The van der Waals surface area contributed by atoms with Gasteiger partial charge in [-0.15, -0.1) is 6.58 Å². The largest absolute Gasteiger partial charge is 0.497 e. The van der Waals surface area contributed by atoms with Crippen LogP contribution in [0.2, 0.25) is 0 Å². The molecule has 0 aromatic heterocycles. The van der Waals surface area contributed by atoms with Gasteiger partial charge < -0.3 is 57.8 Å². The average molecular weight is 1070 g/mol. The zero-order valence-electron chi connectivity index (χ0n) is 45.7. The molecule has 3 aromatic carbocycles. The molecule has 8 rings (SSSR count). The van der Waals surface area contributed by atoms with Gasteiger partial charge in [0, 0.05) is 56.6 Å². The van der Waals surface area contributed by atoms with Gasteiger partial charge in [0.1, 0.15) is 29.0 Å². The maximum absolute atomic E-state index is 15.5. The van der Waals surface area contributed by atoms with Gasteiger partial charge in [0.05, 0.1) is 44.8 Å². The van der Waals surface area contributed by atoms with Gasteiger partial charge in [-0.25, -0.2) is 4.79 Å². The molecule has 3 N–H and O–H groups in total. The van der Waals surface area contributed by atoms with E-state index in [0.717, 1.165) is 80.9 Å². The summed E-state index contributed by atoms with van der Waals surface area (Å²) in [6.07, 6.45) is 20.2. The fourth-order valence-electron chi connectivity index (χ4n) is 12.1.